The Morgan fingerprint density at radius 1 is 1.36 bits per heavy atom. The van der Waals surface area contributed by atoms with Gasteiger partial charge in [0.2, 0.25) is 0 Å². The van der Waals surface area contributed by atoms with Crippen LogP contribution in [0.1, 0.15) is 28.7 Å². The lowest BCUT2D eigenvalue weighted by molar-refractivity contribution is -0.118. The fourth-order valence-electron chi connectivity index (χ4n) is 2.02. The van der Waals surface area contributed by atoms with E-state index in [1.165, 1.54) is 25.3 Å². The van der Waals surface area contributed by atoms with E-state index in [-0.39, 0.29) is 17.1 Å². The minimum Gasteiger partial charge on any atom is -0.361 e. The molecule has 0 aliphatic carbocycles. The van der Waals surface area contributed by atoms with E-state index in [0.29, 0.717) is 17.0 Å². The predicted molar refractivity (Wildman–Crippen MR) is 72.6 cm³/mol. The number of aromatic nitrogens is 2. The number of pyridine rings is 1. The second kappa shape index (κ2) is 6.17. The molecule has 2 aromatic heterocycles. The molecule has 0 fully saturated rings. The Labute approximate surface area is 124 Å². The molecule has 1 amide bonds. The first-order chi connectivity index (χ1) is 10.3. The lowest BCUT2D eigenvalue weighted by Gasteiger charge is -2.23. The largest absolute Gasteiger partial charge is 0.406 e. The number of alkyl halides is 3. The Hall–Kier alpha value is -2.38. The van der Waals surface area contributed by atoms with Crippen LogP contribution in [0.2, 0.25) is 0 Å². The van der Waals surface area contributed by atoms with Crippen molar-refractivity contribution in [1.82, 2.24) is 10.1 Å². The van der Waals surface area contributed by atoms with E-state index in [2.05, 4.69) is 10.1 Å². The highest BCUT2D eigenvalue weighted by atomic mass is 19.4. The van der Waals surface area contributed by atoms with E-state index in [0.717, 1.165) is 0 Å². The Morgan fingerprint density at radius 3 is 2.64 bits per heavy atom. The average molecular weight is 313 g/mol. The molecule has 22 heavy (non-hydrogen) atoms. The molecule has 0 atom stereocenters. The monoisotopic (exact) mass is 313 g/mol. The van der Waals surface area contributed by atoms with Crippen molar-refractivity contribution in [3.8, 4) is 0 Å². The van der Waals surface area contributed by atoms with Gasteiger partial charge in [0.05, 0.1) is 5.69 Å². The van der Waals surface area contributed by atoms with Gasteiger partial charge in [0.15, 0.2) is 0 Å². The molecule has 2 heterocycles. The zero-order chi connectivity index (χ0) is 16.3. The molecule has 0 unspecified atom stereocenters. The van der Waals surface area contributed by atoms with Crippen LogP contribution in [0.25, 0.3) is 0 Å². The standard InChI is InChI=1S/C14H14F3N3O2/c1-3-10-12(9(2)22-19-10)13(21)20(8-14(15,16)17)11-6-4-5-7-18-11/h4-7H,3,8H2,1-2H3. The van der Waals surface area contributed by atoms with Crippen molar-refractivity contribution >= 4 is 11.7 Å². The number of carbonyl (C=O) groups excluding carboxylic acids is 1. The molecule has 0 N–H and O–H groups in total. The Kier molecular flexibility index (Phi) is 4.48. The minimum absolute atomic E-state index is 0.0532. The highest BCUT2D eigenvalue weighted by molar-refractivity contribution is 6.07. The molecule has 0 aliphatic heterocycles. The van der Waals surface area contributed by atoms with Crippen molar-refractivity contribution in [1.29, 1.82) is 0 Å². The van der Waals surface area contributed by atoms with Crippen molar-refractivity contribution in [2.75, 3.05) is 11.4 Å². The summed E-state index contributed by atoms with van der Waals surface area (Å²) in [6.45, 7) is 1.79. The minimum atomic E-state index is -4.55. The highest BCUT2D eigenvalue weighted by Gasteiger charge is 2.36. The number of hydrogen-bond acceptors (Lipinski definition) is 4. The molecule has 0 aromatic carbocycles. The first-order valence-electron chi connectivity index (χ1n) is 6.58. The molecule has 2 rings (SSSR count). The fraction of sp³-hybridized carbons (Fsp3) is 0.357. The zero-order valence-electron chi connectivity index (χ0n) is 12.0. The van der Waals surface area contributed by atoms with Crippen LogP contribution in [0.4, 0.5) is 19.0 Å². The summed E-state index contributed by atoms with van der Waals surface area (Å²) in [5, 5.41) is 3.70. The van der Waals surface area contributed by atoms with Gasteiger partial charge in [-0.2, -0.15) is 13.2 Å². The van der Waals surface area contributed by atoms with Crippen molar-refractivity contribution in [2.45, 2.75) is 26.4 Å². The number of halogens is 3. The summed E-state index contributed by atoms with van der Waals surface area (Å²) in [5.74, 6) is -0.718. The topological polar surface area (TPSA) is 59.2 Å². The van der Waals surface area contributed by atoms with E-state index in [1.54, 1.807) is 13.0 Å². The molecule has 0 bridgehead atoms. The summed E-state index contributed by atoms with van der Waals surface area (Å²) in [5.41, 5.74) is 0.378. The van der Waals surface area contributed by atoms with Crippen molar-refractivity contribution in [3.63, 3.8) is 0 Å². The molecule has 118 valence electrons. The van der Waals surface area contributed by atoms with Crippen LogP contribution in [0.15, 0.2) is 28.9 Å². The van der Waals surface area contributed by atoms with Gasteiger partial charge in [0.1, 0.15) is 23.7 Å². The molecular weight excluding hydrogens is 299 g/mol. The first kappa shape index (κ1) is 16.0. The zero-order valence-corrected chi connectivity index (χ0v) is 12.0. The van der Waals surface area contributed by atoms with Gasteiger partial charge in [-0.1, -0.05) is 18.1 Å². The van der Waals surface area contributed by atoms with Gasteiger partial charge in [-0.25, -0.2) is 4.98 Å². The van der Waals surface area contributed by atoms with Gasteiger partial charge in [-0.3, -0.25) is 9.69 Å². The van der Waals surface area contributed by atoms with Gasteiger partial charge in [0.25, 0.3) is 5.91 Å². The molecule has 0 aliphatic rings. The van der Waals surface area contributed by atoms with Crippen LogP contribution < -0.4 is 4.90 Å². The Bertz CT molecular complexity index is 653. The third kappa shape index (κ3) is 3.44. The normalized spacial score (nSPS) is 11.5. The number of carbonyl (C=O) groups is 1. The summed E-state index contributed by atoms with van der Waals surface area (Å²) in [6, 6.07) is 4.42. The number of hydrogen-bond donors (Lipinski definition) is 0. The molecule has 8 heteroatoms. The molecule has 0 spiro atoms. The molecule has 0 saturated carbocycles. The van der Waals surface area contributed by atoms with Crippen LogP contribution in [-0.2, 0) is 6.42 Å². The Morgan fingerprint density at radius 2 is 2.09 bits per heavy atom. The highest BCUT2D eigenvalue weighted by Crippen LogP contribution is 2.25. The van der Waals surface area contributed by atoms with E-state index in [4.69, 9.17) is 4.52 Å². The fourth-order valence-corrected chi connectivity index (χ4v) is 2.02. The third-order valence-electron chi connectivity index (χ3n) is 2.99. The molecule has 2 aromatic rings. The average Bonchev–Trinajstić information content (AvgIpc) is 2.85. The quantitative estimate of drug-likeness (QED) is 0.870. The number of nitrogens with zero attached hydrogens (tertiary/aromatic N) is 3. The second-order valence-electron chi connectivity index (χ2n) is 4.61. The molecule has 0 radical (unpaired) electrons. The van der Waals surface area contributed by atoms with Crippen LogP contribution in [0.5, 0.6) is 0 Å². The summed E-state index contributed by atoms with van der Waals surface area (Å²) < 4.78 is 43.4. The van der Waals surface area contributed by atoms with E-state index in [9.17, 15) is 18.0 Å². The van der Waals surface area contributed by atoms with Gasteiger partial charge in [-0.05, 0) is 25.5 Å². The maximum Gasteiger partial charge on any atom is 0.406 e. The number of anilines is 1. The van der Waals surface area contributed by atoms with Gasteiger partial charge in [0, 0.05) is 6.20 Å². The predicted octanol–water partition coefficient (Wildman–Crippen LogP) is 3.15. The summed E-state index contributed by atoms with van der Waals surface area (Å²) >= 11 is 0. The SMILES string of the molecule is CCc1noc(C)c1C(=O)N(CC(F)(F)F)c1ccccn1. The maximum absolute atomic E-state index is 12.8. The number of rotatable bonds is 4. The molecule has 0 saturated heterocycles. The van der Waals surface area contributed by atoms with Gasteiger partial charge < -0.3 is 4.52 Å². The summed E-state index contributed by atoms with van der Waals surface area (Å²) in [4.78, 5) is 17.0. The number of aryl methyl sites for hydroxylation is 2. The van der Waals surface area contributed by atoms with E-state index >= 15 is 0 Å². The number of amides is 1. The second-order valence-corrected chi connectivity index (χ2v) is 4.61. The summed E-state index contributed by atoms with van der Waals surface area (Å²) in [6.07, 6.45) is -2.85. The lowest BCUT2D eigenvalue weighted by atomic mass is 10.1. The third-order valence-corrected chi connectivity index (χ3v) is 2.99. The first-order valence-corrected chi connectivity index (χ1v) is 6.58. The van der Waals surface area contributed by atoms with E-state index in [1.807, 2.05) is 0 Å². The van der Waals surface area contributed by atoms with Crippen molar-refractivity contribution in [3.05, 3.63) is 41.4 Å². The van der Waals surface area contributed by atoms with Crippen LogP contribution in [-0.4, -0.2) is 28.8 Å². The van der Waals surface area contributed by atoms with Gasteiger partial charge in [-0.15, -0.1) is 0 Å². The smallest absolute Gasteiger partial charge is 0.361 e. The van der Waals surface area contributed by atoms with Gasteiger partial charge >= 0.3 is 6.18 Å². The van der Waals surface area contributed by atoms with Crippen LogP contribution in [0, 0.1) is 6.92 Å². The van der Waals surface area contributed by atoms with Crippen molar-refractivity contribution < 1.29 is 22.5 Å². The Balaban J connectivity index is 2.45. The van der Waals surface area contributed by atoms with E-state index < -0.39 is 18.6 Å². The van der Waals surface area contributed by atoms with Crippen LogP contribution in [0.3, 0.4) is 0 Å². The summed E-state index contributed by atoms with van der Waals surface area (Å²) in [7, 11) is 0. The molecule has 5 nitrogen and oxygen atoms in total. The van der Waals surface area contributed by atoms with Crippen LogP contribution >= 0.6 is 0 Å². The van der Waals surface area contributed by atoms with Crippen molar-refractivity contribution in [2.24, 2.45) is 0 Å². The lowest BCUT2D eigenvalue weighted by Crippen LogP contribution is -2.40. The maximum atomic E-state index is 12.8. The molecular formula is C14H14F3N3O2.